The van der Waals surface area contributed by atoms with Gasteiger partial charge in [-0.2, -0.15) is 0 Å². The van der Waals surface area contributed by atoms with Gasteiger partial charge in [0.1, 0.15) is 5.75 Å². The Morgan fingerprint density at radius 2 is 1.84 bits per heavy atom. The highest BCUT2D eigenvalue weighted by molar-refractivity contribution is 5.72. The van der Waals surface area contributed by atoms with Gasteiger partial charge >= 0.3 is 0 Å². The second-order valence-corrected chi connectivity index (χ2v) is 9.67. The molecular weight excluding hydrogens is 392 g/mol. The molecule has 1 aliphatic heterocycles. The molecule has 160 valence electrons. The van der Waals surface area contributed by atoms with Crippen LogP contribution in [0.2, 0.25) is 0 Å². The number of rotatable bonds is 3. The first-order valence-corrected chi connectivity index (χ1v) is 10.4. The second kappa shape index (κ2) is 6.84. The molecule has 9 nitrogen and oxygen atoms in total. The summed E-state index contributed by atoms with van der Waals surface area (Å²) in [6.07, 6.45) is 5.92. The minimum atomic E-state index is 0.0490. The van der Waals surface area contributed by atoms with E-state index >= 15 is 0 Å². The molecule has 0 aliphatic carbocycles. The molecule has 1 fully saturated rings. The Labute approximate surface area is 179 Å². The van der Waals surface area contributed by atoms with E-state index in [0.29, 0.717) is 34.3 Å². The number of aromatic amines is 1. The lowest BCUT2D eigenvalue weighted by atomic mass is 9.74. The molecule has 0 spiro atoms. The van der Waals surface area contributed by atoms with Crippen LogP contribution in [0.1, 0.15) is 52.1 Å². The molecule has 0 bridgehead atoms. The summed E-state index contributed by atoms with van der Waals surface area (Å²) in [6, 6.07) is 7.37. The van der Waals surface area contributed by atoms with Crippen LogP contribution < -0.4 is 5.32 Å². The number of tetrazole rings is 1. The Bertz CT molecular complexity index is 1230. The van der Waals surface area contributed by atoms with Crippen molar-refractivity contribution >= 4 is 5.78 Å². The molecule has 0 amide bonds. The van der Waals surface area contributed by atoms with Crippen molar-refractivity contribution in [1.82, 2.24) is 40.3 Å². The first-order valence-electron chi connectivity index (χ1n) is 10.4. The quantitative estimate of drug-likeness (QED) is 0.467. The van der Waals surface area contributed by atoms with E-state index in [1.807, 2.05) is 28.9 Å². The Morgan fingerprint density at radius 3 is 2.52 bits per heavy atom. The molecule has 1 aromatic carbocycles. The molecule has 4 aromatic rings. The van der Waals surface area contributed by atoms with E-state index in [0.717, 1.165) is 18.5 Å². The summed E-state index contributed by atoms with van der Waals surface area (Å²) in [5.74, 6) is 1.60. The number of nitrogens with one attached hydrogen (secondary N) is 2. The Kier molecular flexibility index (Phi) is 4.33. The molecule has 5 rings (SSSR count). The van der Waals surface area contributed by atoms with Crippen LogP contribution in [0.3, 0.4) is 0 Å². The van der Waals surface area contributed by atoms with Crippen LogP contribution in [0, 0.1) is 0 Å². The molecule has 0 radical (unpaired) electrons. The number of aromatic nitrogens is 7. The highest BCUT2D eigenvalue weighted by Crippen LogP contribution is 2.38. The maximum Gasteiger partial charge on any atom is 0.234 e. The van der Waals surface area contributed by atoms with Gasteiger partial charge in [-0.1, -0.05) is 6.07 Å². The number of fused-ring (bicyclic) bond motifs is 1. The molecule has 0 atom stereocenters. The van der Waals surface area contributed by atoms with Crippen molar-refractivity contribution in [1.29, 1.82) is 0 Å². The van der Waals surface area contributed by atoms with E-state index in [9.17, 15) is 5.11 Å². The normalized spacial score (nSPS) is 18.5. The molecule has 3 aromatic heterocycles. The second-order valence-electron chi connectivity index (χ2n) is 9.67. The number of aromatic hydroxyl groups is 1. The molecule has 0 saturated carbocycles. The molecule has 1 saturated heterocycles. The summed E-state index contributed by atoms with van der Waals surface area (Å²) < 4.78 is 1.89. The zero-order valence-electron chi connectivity index (χ0n) is 18.1. The highest BCUT2D eigenvalue weighted by Gasteiger charge is 2.38. The predicted octanol–water partition coefficient (Wildman–Crippen LogP) is 3.31. The zero-order valence-corrected chi connectivity index (χ0v) is 18.1. The fourth-order valence-electron chi connectivity index (χ4n) is 4.95. The monoisotopic (exact) mass is 418 g/mol. The number of imidazole rings is 1. The van der Waals surface area contributed by atoms with Gasteiger partial charge in [0.15, 0.2) is 5.82 Å². The minimum Gasteiger partial charge on any atom is -0.507 e. The lowest BCUT2D eigenvalue weighted by molar-refractivity contribution is 0.160. The lowest BCUT2D eigenvalue weighted by Gasteiger charge is -2.46. The largest absolute Gasteiger partial charge is 0.507 e. The molecular formula is C22H26N8O. The lowest BCUT2D eigenvalue weighted by Crippen LogP contribution is -2.57. The summed E-state index contributed by atoms with van der Waals surface area (Å²) in [5.41, 5.74) is 3.15. The average Bonchev–Trinajstić information content (AvgIpc) is 3.34. The van der Waals surface area contributed by atoms with Gasteiger partial charge in [-0.15, -0.1) is 5.10 Å². The van der Waals surface area contributed by atoms with Gasteiger partial charge in [0.25, 0.3) is 0 Å². The van der Waals surface area contributed by atoms with Crippen molar-refractivity contribution in [3.05, 3.63) is 42.4 Å². The smallest absolute Gasteiger partial charge is 0.234 e. The standard InChI is InChI=1S/C22H26N8O/c1-21(2)10-14(11-22(3,4)27-21)16-7-8-30-12-17(24-20(30)23-16)15-6-5-13(9-18(15)31)19-25-28-29-26-19/h5-9,12,14,27,31H,10-11H2,1-4H3,(H,25,26,28,29). The number of phenols is 1. The number of phenolic OH excluding ortho intramolecular Hbond substituents is 1. The van der Waals surface area contributed by atoms with Gasteiger partial charge in [0.2, 0.25) is 5.78 Å². The summed E-state index contributed by atoms with van der Waals surface area (Å²) >= 11 is 0. The van der Waals surface area contributed by atoms with Gasteiger partial charge in [-0.25, -0.2) is 15.1 Å². The number of nitrogens with zero attached hydrogens (tertiary/aromatic N) is 6. The van der Waals surface area contributed by atoms with E-state index in [4.69, 9.17) is 9.97 Å². The first kappa shape index (κ1) is 19.6. The van der Waals surface area contributed by atoms with Crippen LogP contribution in [0.5, 0.6) is 5.75 Å². The third-order valence-corrected chi connectivity index (χ3v) is 5.85. The van der Waals surface area contributed by atoms with Gasteiger partial charge in [-0.05, 0) is 69.2 Å². The van der Waals surface area contributed by atoms with Crippen molar-refractivity contribution in [2.45, 2.75) is 57.5 Å². The van der Waals surface area contributed by atoms with Crippen molar-refractivity contribution in [2.75, 3.05) is 0 Å². The number of hydrogen-bond acceptors (Lipinski definition) is 7. The third-order valence-electron chi connectivity index (χ3n) is 5.85. The molecule has 4 heterocycles. The Balaban J connectivity index is 1.48. The van der Waals surface area contributed by atoms with Crippen LogP contribution in [0.4, 0.5) is 0 Å². The number of H-pyrrole nitrogens is 1. The van der Waals surface area contributed by atoms with Crippen LogP contribution in [-0.4, -0.2) is 51.2 Å². The summed E-state index contributed by atoms with van der Waals surface area (Å²) in [4.78, 5) is 9.57. The van der Waals surface area contributed by atoms with Crippen LogP contribution in [0.25, 0.3) is 28.4 Å². The van der Waals surface area contributed by atoms with Crippen LogP contribution in [-0.2, 0) is 0 Å². The summed E-state index contributed by atoms with van der Waals surface area (Å²) in [5, 5.41) is 28.0. The summed E-state index contributed by atoms with van der Waals surface area (Å²) in [6.45, 7) is 8.98. The number of piperidine rings is 1. The number of benzene rings is 1. The molecule has 1 aliphatic rings. The molecule has 9 heteroatoms. The zero-order chi connectivity index (χ0) is 21.8. The minimum absolute atomic E-state index is 0.0490. The Hall–Kier alpha value is -3.33. The van der Waals surface area contributed by atoms with Gasteiger partial charge < -0.3 is 10.4 Å². The predicted molar refractivity (Wildman–Crippen MR) is 117 cm³/mol. The maximum absolute atomic E-state index is 10.6. The van der Waals surface area contributed by atoms with Gasteiger partial charge in [0.05, 0.1) is 5.69 Å². The molecule has 0 unspecified atom stereocenters. The van der Waals surface area contributed by atoms with Crippen LogP contribution in [0.15, 0.2) is 36.7 Å². The van der Waals surface area contributed by atoms with Crippen molar-refractivity contribution in [3.63, 3.8) is 0 Å². The Morgan fingerprint density at radius 1 is 1.06 bits per heavy atom. The van der Waals surface area contributed by atoms with Gasteiger partial charge in [0, 0.05) is 46.2 Å². The topological polar surface area (TPSA) is 117 Å². The van der Waals surface area contributed by atoms with Gasteiger partial charge in [-0.3, -0.25) is 4.40 Å². The van der Waals surface area contributed by atoms with E-state index in [1.54, 1.807) is 6.07 Å². The maximum atomic E-state index is 10.6. The van der Waals surface area contributed by atoms with E-state index in [2.05, 4.69) is 59.7 Å². The van der Waals surface area contributed by atoms with E-state index in [1.165, 1.54) is 0 Å². The first-order chi connectivity index (χ1) is 14.7. The van der Waals surface area contributed by atoms with Crippen LogP contribution >= 0.6 is 0 Å². The van der Waals surface area contributed by atoms with Crippen molar-refractivity contribution < 1.29 is 5.11 Å². The van der Waals surface area contributed by atoms with Crippen molar-refractivity contribution in [2.24, 2.45) is 0 Å². The fourth-order valence-corrected chi connectivity index (χ4v) is 4.95. The van der Waals surface area contributed by atoms with E-state index < -0.39 is 0 Å². The van der Waals surface area contributed by atoms with Crippen molar-refractivity contribution in [3.8, 4) is 28.4 Å². The molecule has 3 N–H and O–H groups in total. The van der Waals surface area contributed by atoms with E-state index in [-0.39, 0.29) is 16.8 Å². The highest BCUT2D eigenvalue weighted by atomic mass is 16.3. The number of hydrogen-bond donors (Lipinski definition) is 3. The third kappa shape index (κ3) is 3.76. The fraction of sp³-hybridized carbons (Fsp3) is 0.409. The summed E-state index contributed by atoms with van der Waals surface area (Å²) in [7, 11) is 0. The SMILES string of the molecule is CC1(C)CC(c2ccn3cc(-c4ccc(-c5nnn[nH]5)cc4O)nc3n2)CC(C)(C)N1. The average molecular weight is 419 g/mol. The molecule has 31 heavy (non-hydrogen) atoms.